The zero-order valence-corrected chi connectivity index (χ0v) is 13.1. The smallest absolute Gasteiger partial charge is 0.247 e. The number of hydrogen-bond acceptors (Lipinski definition) is 2. The maximum atomic E-state index is 12.9. The summed E-state index contributed by atoms with van der Waals surface area (Å²) < 4.78 is 0. The van der Waals surface area contributed by atoms with Gasteiger partial charge in [0.2, 0.25) is 11.8 Å². The van der Waals surface area contributed by atoms with Crippen LogP contribution in [0.4, 0.5) is 0 Å². The Hall–Kier alpha value is -1.50. The summed E-state index contributed by atoms with van der Waals surface area (Å²) in [5, 5.41) is 2.97. The third kappa shape index (κ3) is 3.07. The van der Waals surface area contributed by atoms with Crippen LogP contribution < -0.4 is 5.32 Å². The molecule has 1 aliphatic carbocycles. The average molecular weight is 290 g/mol. The molecular formula is C17H26N2O2. The quantitative estimate of drug-likeness (QED) is 0.806. The van der Waals surface area contributed by atoms with Gasteiger partial charge in [-0.3, -0.25) is 9.59 Å². The third-order valence-corrected chi connectivity index (χ3v) is 4.88. The second-order valence-corrected chi connectivity index (χ2v) is 6.14. The summed E-state index contributed by atoms with van der Waals surface area (Å²) in [6.07, 6.45) is 12.4. The maximum Gasteiger partial charge on any atom is 0.247 e. The van der Waals surface area contributed by atoms with Crippen LogP contribution in [0.2, 0.25) is 0 Å². The largest absolute Gasteiger partial charge is 0.342 e. The van der Waals surface area contributed by atoms with Gasteiger partial charge in [0.1, 0.15) is 12.1 Å². The first-order valence-electron chi connectivity index (χ1n) is 8.22. The van der Waals surface area contributed by atoms with Crippen molar-refractivity contribution in [1.29, 1.82) is 0 Å². The minimum atomic E-state index is -0.418. The van der Waals surface area contributed by atoms with E-state index in [4.69, 9.17) is 6.42 Å². The molecule has 4 heteroatoms. The van der Waals surface area contributed by atoms with Crippen molar-refractivity contribution in [3.8, 4) is 12.3 Å². The van der Waals surface area contributed by atoms with Crippen molar-refractivity contribution in [3.05, 3.63) is 0 Å². The highest BCUT2D eigenvalue weighted by atomic mass is 16.2. The fourth-order valence-corrected chi connectivity index (χ4v) is 3.69. The van der Waals surface area contributed by atoms with Gasteiger partial charge in [-0.05, 0) is 31.6 Å². The first-order valence-corrected chi connectivity index (χ1v) is 8.22. The van der Waals surface area contributed by atoms with Crippen molar-refractivity contribution in [3.63, 3.8) is 0 Å². The Balaban J connectivity index is 2.24. The predicted molar refractivity (Wildman–Crippen MR) is 82.3 cm³/mol. The molecule has 0 aromatic heterocycles. The van der Waals surface area contributed by atoms with Crippen LogP contribution in [0.25, 0.3) is 0 Å². The zero-order valence-electron chi connectivity index (χ0n) is 13.1. The fourth-order valence-electron chi connectivity index (χ4n) is 3.69. The van der Waals surface area contributed by atoms with E-state index in [9.17, 15) is 9.59 Å². The highest BCUT2D eigenvalue weighted by Crippen LogP contribution is 2.30. The molecule has 0 radical (unpaired) electrons. The van der Waals surface area contributed by atoms with Crippen molar-refractivity contribution in [2.24, 2.45) is 5.92 Å². The maximum absolute atomic E-state index is 12.9. The van der Waals surface area contributed by atoms with Gasteiger partial charge in [-0.2, -0.15) is 0 Å². The molecule has 1 saturated carbocycles. The van der Waals surface area contributed by atoms with E-state index in [1.165, 1.54) is 6.42 Å². The van der Waals surface area contributed by atoms with Crippen molar-refractivity contribution >= 4 is 11.8 Å². The second-order valence-electron chi connectivity index (χ2n) is 6.14. The first-order chi connectivity index (χ1) is 10.1. The third-order valence-electron chi connectivity index (χ3n) is 4.88. The number of carbonyl (C=O) groups excluding carboxylic acids is 2. The average Bonchev–Trinajstić information content (AvgIpc) is 2.52. The van der Waals surface area contributed by atoms with E-state index in [0.717, 1.165) is 25.7 Å². The highest BCUT2D eigenvalue weighted by Gasteiger charge is 2.44. The Morgan fingerprint density at radius 3 is 2.48 bits per heavy atom. The van der Waals surface area contributed by atoms with Crippen LogP contribution >= 0.6 is 0 Å². The van der Waals surface area contributed by atoms with E-state index in [1.54, 1.807) is 4.90 Å². The Morgan fingerprint density at radius 2 is 1.95 bits per heavy atom. The minimum Gasteiger partial charge on any atom is -0.342 e. The molecule has 2 rings (SSSR count). The monoisotopic (exact) mass is 290 g/mol. The molecule has 21 heavy (non-hydrogen) atoms. The van der Waals surface area contributed by atoms with Gasteiger partial charge in [-0.15, -0.1) is 6.42 Å². The molecule has 2 fully saturated rings. The molecule has 0 aromatic carbocycles. The lowest BCUT2D eigenvalue weighted by Gasteiger charge is -2.44. The van der Waals surface area contributed by atoms with E-state index in [-0.39, 0.29) is 29.8 Å². The number of piperazine rings is 1. The van der Waals surface area contributed by atoms with Crippen LogP contribution in [0.15, 0.2) is 0 Å². The van der Waals surface area contributed by atoms with Crippen molar-refractivity contribution < 1.29 is 9.59 Å². The van der Waals surface area contributed by atoms with Crippen molar-refractivity contribution in [1.82, 2.24) is 10.2 Å². The number of nitrogens with zero attached hydrogens (tertiary/aromatic N) is 1. The van der Waals surface area contributed by atoms with E-state index >= 15 is 0 Å². The van der Waals surface area contributed by atoms with Gasteiger partial charge in [0, 0.05) is 0 Å². The summed E-state index contributed by atoms with van der Waals surface area (Å²) in [7, 11) is 0. The molecule has 1 aliphatic heterocycles. The molecule has 0 bridgehead atoms. The van der Waals surface area contributed by atoms with Gasteiger partial charge < -0.3 is 10.2 Å². The van der Waals surface area contributed by atoms with Crippen molar-refractivity contribution in [2.45, 2.75) is 76.9 Å². The van der Waals surface area contributed by atoms with Gasteiger partial charge in [0.15, 0.2) is 0 Å². The van der Waals surface area contributed by atoms with Crippen LogP contribution in [0, 0.1) is 18.3 Å². The molecule has 3 atom stereocenters. The van der Waals surface area contributed by atoms with Crippen molar-refractivity contribution in [2.75, 3.05) is 0 Å². The van der Waals surface area contributed by atoms with Gasteiger partial charge in [0.25, 0.3) is 0 Å². The van der Waals surface area contributed by atoms with Crippen LogP contribution in [-0.2, 0) is 9.59 Å². The molecule has 4 nitrogen and oxygen atoms in total. The lowest BCUT2D eigenvalue weighted by Crippen LogP contribution is -2.67. The molecular weight excluding hydrogens is 264 g/mol. The van der Waals surface area contributed by atoms with Crippen LogP contribution in [-0.4, -0.2) is 34.8 Å². The van der Waals surface area contributed by atoms with Gasteiger partial charge in [0.05, 0.1) is 6.04 Å². The summed E-state index contributed by atoms with van der Waals surface area (Å²) in [6.45, 7) is 3.89. The number of hydrogen-bond donors (Lipinski definition) is 1. The van der Waals surface area contributed by atoms with Gasteiger partial charge in [-0.1, -0.05) is 39.0 Å². The number of carbonyl (C=O) groups is 2. The minimum absolute atomic E-state index is 0.0261. The summed E-state index contributed by atoms with van der Waals surface area (Å²) in [5.41, 5.74) is 0. The molecule has 1 heterocycles. The van der Waals surface area contributed by atoms with Gasteiger partial charge >= 0.3 is 0 Å². The Labute approximate surface area is 127 Å². The van der Waals surface area contributed by atoms with E-state index < -0.39 is 6.04 Å². The lowest BCUT2D eigenvalue weighted by molar-refractivity contribution is -0.153. The standard InChI is InChI=1S/C17H26N2O2/c1-4-13(5-2)19-14(6-3)16(20)18-15(17(19)21)12-10-8-7-9-11-12/h1,12-15H,5-11H2,2-3H3,(H,18,20). The second kappa shape index (κ2) is 6.98. The topological polar surface area (TPSA) is 49.4 Å². The van der Waals surface area contributed by atoms with Gasteiger partial charge in [-0.25, -0.2) is 0 Å². The number of nitrogens with one attached hydrogen (secondary N) is 1. The zero-order chi connectivity index (χ0) is 15.4. The SMILES string of the molecule is C#CC(CC)N1C(=O)C(C2CCCCC2)NC(=O)C1CC. The van der Waals surface area contributed by atoms with E-state index in [0.29, 0.717) is 12.8 Å². The molecule has 2 aliphatic rings. The summed E-state index contributed by atoms with van der Waals surface area (Å²) >= 11 is 0. The summed E-state index contributed by atoms with van der Waals surface area (Å²) in [4.78, 5) is 27.0. The molecule has 116 valence electrons. The van der Waals surface area contributed by atoms with Crippen LogP contribution in [0.5, 0.6) is 0 Å². The Morgan fingerprint density at radius 1 is 1.29 bits per heavy atom. The van der Waals surface area contributed by atoms with Crippen LogP contribution in [0.1, 0.15) is 58.8 Å². The summed E-state index contributed by atoms with van der Waals surface area (Å²) in [5.74, 6) is 2.94. The molecule has 3 unspecified atom stereocenters. The first kappa shape index (κ1) is 15.9. The van der Waals surface area contributed by atoms with Crippen LogP contribution in [0.3, 0.4) is 0 Å². The normalized spacial score (nSPS) is 28.9. The van der Waals surface area contributed by atoms with E-state index in [2.05, 4.69) is 11.2 Å². The Bertz CT molecular complexity index is 435. The predicted octanol–water partition coefficient (Wildman–Crippen LogP) is 2.08. The molecule has 2 amide bonds. The molecule has 0 spiro atoms. The molecule has 1 N–H and O–H groups in total. The molecule has 1 saturated heterocycles. The van der Waals surface area contributed by atoms with E-state index in [1.807, 2.05) is 13.8 Å². The Kier molecular flexibility index (Phi) is 5.27. The summed E-state index contributed by atoms with van der Waals surface area (Å²) in [6, 6.07) is -1.07. The number of amides is 2. The number of rotatable bonds is 4. The fraction of sp³-hybridized carbons (Fsp3) is 0.765. The molecule has 0 aromatic rings. The lowest BCUT2D eigenvalue weighted by atomic mass is 9.81. The number of terminal acetylenes is 1. The highest BCUT2D eigenvalue weighted by molar-refractivity contribution is 5.97.